The van der Waals surface area contributed by atoms with Crippen molar-refractivity contribution in [1.29, 1.82) is 0 Å². The van der Waals surface area contributed by atoms with Gasteiger partial charge in [-0.2, -0.15) is 0 Å². The van der Waals surface area contributed by atoms with E-state index in [1.165, 1.54) is 12.8 Å². The van der Waals surface area contributed by atoms with E-state index in [1.807, 2.05) is 6.92 Å². The third-order valence-corrected chi connectivity index (χ3v) is 1.62. The molecule has 0 bridgehead atoms. The standard InChI is InChI=1S/C12H18O/c1-4-6-7-8-9-10-12(3)13-11-5-2/h2,12H,4,6-7,10-11H2,1,3H3. The van der Waals surface area contributed by atoms with Gasteiger partial charge in [0.25, 0.3) is 0 Å². The molecular formula is C12H18O. The molecule has 1 unspecified atom stereocenters. The van der Waals surface area contributed by atoms with Crippen LogP contribution in [0.2, 0.25) is 0 Å². The van der Waals surface area contributed by atoms with Crippen molar-refractivity contribution in [3.63, 3.8) is 0 Å². The maximum atomic E-state index is 5.26. The first-order valence-electron chi connectivity index (χ1n) is 4.82. The summed E-state index contributed by atoms with van der Waals surface area (Å²) in [5.41, 5.74) is 0. The first kappa shape index (κ1) is 12.1. The Morgan fingerprint density at radius 2 is 2.15 bits per heavy atom. The van der Waals surface area contributed by atoms with Crippen molar-refractivity contribution in [2.75, 3.05) is 6.61 Å². The molecule has 0 fully saturated rings. The highest BCUT2D eigenvalue weighted by Crippen LogP contribution is 1.96. The van der Waals surface area contributed by atoms with Gasteiger partial charge in [0.15, 0.2) is 0 Å². The highest BCUT2D eigenvalue weighted by molar-refractivity contribution is 5.00. The van der Waals surface area contributed by atoms with Gasteiger partial charge in [-0.15, -0.1) is 18.3 Å². The first-order valence-corrected chi connectivity index (χ1v) is 4.82. The van der Waals surface area contributed by atoms with Crippen LogP contribution < -0.4 is 0 Å². The lowest BCUT2D eigenvalue weighted by Gasteiger charge is -2.05. The zero-order valence-corrected chi connectivity index (χ0v) is 8.60. The lowest BCUT2D eigenvalue weighted by molar-refractivity contribution is 0.0963. The van der Waals surface area contributed by atoms with Gasteiger partial charge in [0.2, 0.25) is 0 Å². The summed E-state index contributed by atoms with van der Waals surface area (Å²) in [4.78, 5) is 0. The van der Waals surface area contributed by atoms with Crippen LogP contribution in [-0.4, -0.2) is 12.7 Å². The molecule has 0 saturated carbocycles. The smallest absolute Gasteiger partial charge is 0.107 e. The van der Waals surface area contributed by atoms with Crippen LogP contribution in [0, 0.1) is 24.2 Å². The molecule has 0 radical (unpaired) electrons. The Morgan fingerprint density at radius 1 is 1.38 bits per heavy atom. The molecule has 0 aliphatic carbocycles. The topological polar surface area (TPSA) is 9.23 Å². The number of hydrogen-bond donors (Lipinski definition) is 0. The van der Waals surface area contributed by atoms with E-state index in [-0.39, 0.29) is 6.10 Å². The van der Waals surface area contributed by atoms with Gasteiger partial charge in [-0.1, -0.05) is 19.3 Å². The van der Waals surface area contributed by atoms with E-state index in [9.17, 15) is 0 Å². The van der Waals surface area contributed by atoms with Crippen LogP contribution in [0.4, 0.5) is 0 Å². The van der Waals surface area contributed by atoms with E-state index >= 15 is 0 Å². The fraction of sp³-hybridized carbons (Fsp3) is 0.667. The summed E-state index contributed by atoms with van der Waals surface area (Å²) in [7, 11) is 0. The summed E-state index contributed by atoms with van der Waals surface area (Å²) in [6, 6.07) is 0. The van der Waals surface area contributed by atoms with Crippen molar-refractivity contribution in [3.8, 4) is 24.2 Å². The quantitative estimate of drug-likeness (QED) is 0.464. The average Bonchev–Trinajstić information content (AvgIpc) is 2.14. The Kier molecular flexibility index (Phi) is 8.52. The molecule has 0 aliphatic rings. The van der Waals surface area contributed by atoms with Crippen LogP contribution in [0.25, 0.3) is 0 Å². The molecule has 0 rings (SSSR count). The Morgan fingerprint density at radius 3 is 2.77 bits per heavy atom. The van der Waals surface area contributed by atoms with Crippen molar-refractivity contribution in [1.82, 2.24) is 0 Å². The van der Waals surface area contributed by atoms with E-state index in [0.29, 0.717) is 6.61 Å². The second-order valence-electron chi connectivity index (χ2n) is 2.99. The summed E-state index contributed by atoms with van der Waals surface area (Å²) in [6.45, 7) is 4.55. The zero-order valence-electron chi connectivity index (χ0n) is 8.60. The minimum absolute atomic E-state index is 0.158. The maximum absolute atomic E-state index is 5.26. The number of rotatable bonds is 5. The largest absolute Gasteiger partial charge is 0.365 e. The van der Waals surface area contributed by atoms with Gasteiger partial charge in [0, 0.05) is 12.8 Å². The molecule has 0 saturated heterocycles. The van der Waals surface area contributed by atoms with Crippen molar-refractivity contribution in [2.24, 2.45) is 0 Å². The molecule has 13 heavy (non-hydrogen) atoms. The molecule has 1 heteroatoms. The van der Waals surface area contributed by atoms with E-state index < -0.39 is 0 Å². The van der Waals surface area contributed by atoms with E-state index in [4.69, 9.17) is 11.2 Å². The second kappa shape index (κ2) is 9.17. The molecule has 0 aromatic heterocycles. The molecule has 0 amide bonds. The van der Waals surface area contributed by atoms with Gasteiger partial charge >= 0.3 is 0 Å². The van der Waals surface area contributed by atoms with Crippen molar-refractivity contribution in [3.05, 3.63) is 0 Å². The normalized spacial score (nSPS) is 11.2. The second-order valence-corrected chi connectivity index (χ2v) is 2.99. The Balaban J connectivity index is 3.38. The highest BCUT2D eigenvalue weighted by Gasteiger charge is 1.96. The van der Waals surface area contributed by atoms with Crippen molar-refractivity contribution in [2.45, 2.75) is 45.6 Å². The summed E-state index contributed by atoms with van der Waals surface area (Å²) in [5.74, 6) is 8.64. The fourth-order valence-electron chi connectivity index (χ4n) is 0.819. The summed E-state index contributed by atoms with van der Waals surface area (Å²) < 4.78 is 5.26. The lowest BCUT2D eigenvalue weighted by Crippen LogP contribution is -2.06. The molecule has 0 N–H and O–H groups in total. The number of ether oxygens (including phenoxy) is 1. The monoisotopic (exact) mass is 178 g/mol. The third-order valence-electron chi connectivity index (χ3n) is 1.62. The van der Waals surface area contributed by atoms with Gasteiger partial charge in [0.1, 0.15) is 6.61 Å². The Labute approximate surface area is 81.9 Å². The van der Waals surface area contributed by atoms with Gasteiger partial charge < -0.3 is 4.74 Å². The van der Waals surface area contributed by atoms with Gasteiger partial charge in [-0.3, -0.25) is 0 Å². The Hall–Kier alpha value is -0.920. The van der Waals surface area contributed by atoms with E-state index in [0.717, 1.165) is 12.8 Å². The summed E-state index contributed by atoms with van der Waals surface area (Å²) in [5, 5.41) is 0. The first-order chi connectivity index (χ1) is 6.31. The molecular weight excluding hydrogens is 160 g/mol. The number of hydrogen-bond acceptors (Lipinski definition) is 1. The summed E-state index contributed by atoms with van der Waals surface area (Å²) >= 11 is 0. The predicted molar refractivity (Wildman–Crippen MR) is 56.2 cm³/mol. The third kappa shape index (κ3) is 8.99. The maximum Gasteiger partial charge on any atom is 0.107 e. The highest BCUT2D eigenvalue weighted by atomic mass is 16.5. The minimum atomic E-state index is 0.158. The van der Waals surface area contributed by atoms with Crippen LogP contribution in [0.15, 0.2) is 0 Å². The molecule has 1 atom stereocenters. The van der Waals surface area contributed by atoms with Crippen LogP contribution in [0.3, 0.4) is 0 Å². The van der Waals surface area contributed by atoms with E-state index in [1.54, 1.807) is 0 Å². The molecule has 0 spiro atoms. The van der Waals surface area contributed by atoms with Crippen LogP contribution in [0.5, 0.6) is 0 Å². The predicted octanol–water partition coefficient (Wildman–Crippen LogP) is 2.61. The average molecular weight is 178 g/mol. The van der Waals surface area contributed by atoms with Crippen molar-refractivity contribution < 1.29 is 4.74 Å². The van der Waals surface area contributed by atoms with E-state index in [2.05, 4.69) is 24.7 Å². The Bertz CT molecular complexity index is 201. The lowest BCUT2D eigenvalue weighted by atomic mass is 10.2. The van der Waals surface area contributed by atoms with Gasteiger partial charge in [-0.25, -0.2) is 0 Å². The van der Waals surface area contributed by atoms with Gasteiger partial charge in [0.05, 0.1) is 6.10 Å². The molecule has 1 nitrogen and oxygen atoms in total. The molecule has 0 aliphatic heterocycles. The van der Waals surface area contributed by atoms with Gasteiger partial charge in [-0.05, 0) is 13.3 Å². The van der Waals surface area contributed by atoms with Crippen LogP contribution in [-0.2, 0) is 4.74 Å². The van der Waals surface area contributed by atoms with Crippen LogP contribution in [0.1, 0.15) is 39.5 Å². The minimum Gasteiger partial charge on any atom is -0.365 e. The SMILES string of the molecule is C#CCOC(C)CC#CCCCC. The molecule has 0 aromatic rings. The van der Waals surface area contributed by atoms with Crippen molar-refractivity contribution >= 4 is 0 Å². The number of unbranched alkanes of at least 4 members (excludes halogenated alkanes) is 2. The zero-order chi connectivity index (χ0) is 9.94. The summed E-state index contributed by atoms with van der Waals surface area (Å²) in [6.07, 6.45) is 9.39. The molecule has 72 valence electrons. The molecule has 0 heterocycles. The van der Waals surface area contributed by atoms with Crippen LogP contribution >= 0.6 is 0 Å². The number of terminal acetylenes is 1. The fourth-order valence-corrected chi connectivity index (χ4v) is 0.819. The molecule has 0 aromatic carbocycles.